The van der Waals surface area contributed by atoms with Crippen LogP contribution in [-0.2, 0) is 25.6 Å². The third kappa shape index (κ3) is 7.59. The van der Waals surface area contributed by atoms with E-state index in [0.29, 0.717) is 25.3 Å². The standard InChI is InChI=1S/C30H33NO5/c32-30(33)29(31-28(24-14-6-2-7-15-24)25-16-8-3-9-17-25)26(36-22-23-12-4-1-5-13-23)19-21-35-27-18-10-11-20-34-27/h1-9,12-17,26-27,29H,10-11,18-22H2,(H,32,33). The molecule has 188 valence electrons. The van der Waals surface area contributed by atoms with E-state index in [-0.39, 0.29) is 12.9 Å². The highest BCUT2D eigenvalue weighted by Crippen LogP contribution is 2.20. The topological polar surface area (TPSA) is 77.4 Å². The number of hydrogen-bond acceptors (Lipinski definition) is 5. The average Bonchev–Trinajstić information content (AvgIpc) is 2.93. The minimum atomic E-state index is -1.11. The quantitative estimate of drug-likeness (QED) is 0.342. The first-order valence-corrected chi connectivity index (χ1v) is 12.5. The molecule has 36 heavy (non-hydrogen) atoms. The summed E-state index contributed by atoms with van der Waals surface area (Å²) < 4.78 is 17.8. The molecule has 1 saturated heterocycles. The van der Waals surface area contributed by atoms with E-state index in [4.69, 9.17) is 19.2 Å². The number of benzene rings is 3. The number of rotatable bonds is 12. The van der Waals surface area contributed by atoms with Crippen molar-refractivity contribution in [3.63, 3.8) is 0 Å². The molecule has 1 aliphatic heterocycles. The zero-order valence-corrected chi connectivity index (χ0v) is 20.4. The Bertz CT molecular complexity index is 1040. The van der Waals surface area contributed by atoms with E-state index in [0.717, 1.165) is 36.0 Å². The highest BCUT2D eigenvalue weighted by molar-refractivity contribution is 6.13. The molecule has 3 aromatic rings. The van der Waals surface area contributed by atoms with Crippen molar-refractivity contribution in [2.75, 3.05) is 13.2 Å². The number of aliphatic imine (C=N–C) groups is 1. The summed E-state index contributed by atoms with van der Waals surface area (Å²) in [4.78, 5) is 17.4. The molecule has 0 saturated carbocycles. The van der Waals surface area contributed by atoms with Crippen LogP contribution in [0.2, 0.25) is 0 Å². The van der Waals surface area contributed by atoms with Crippen LogP contribution in [0.3, 0.4) is 0 Å². The van der Waals surface area contributed by atoms with Crippen LogP contribution in [0.25, 0.3) is 0 Å². The monoisotopic (exact) mass is 487 g/mol. The lowest BCUT2D eigenvalue weighted by atomic mass is 10.0. The predicted molar refractivity (Wildman–Crippen MR) is 139 cm³/mol. The lowest BCUT2D eigenvalue weighted by molar-refractivity contribution is -0.168. The number of carboxylic acid groups (broad SMARTS) is 1. The Balaban J connectivity index is 1.60. The van der Waals surface area contributed by atoms with E-state index in [1.165, 1.54) is 0 Å². The fourth-order valence-electron chi connectivity index (χ4n) is 4.21. The number of ether oxygens (including phenoxy) is 3. The Hall–Kier alpha value is -3.32. The van der Waals surface area contributed by atoms with Gasteiger partial charge in [-0.05, 0) is 31.2 Å². The molecule has 6 nitrogen and oxygen atoms in total. The van der Waals surface area contributed by atoms with Gasteiger partial charge in [0, 0.05) is 17.7 Å². The molecule has 0 radical (unpaired) electrons. The molecule has 0 spiro atoms. The molecule has 4 rings (SSSR count). The smallest absolute Gasteiger partial charge is 0.331 e. The molecule has 1 aliphatic rings. The van der Waals surface area contributed by atoms with Gasteiger partial charge in [-0.15, -0.1) is 0 Å². The SMILES string of the molecule is O=C(O)C(N=C(c1ccccc1)c1ccccc1)C(CCOC1CCCCO1)OCc1ccccc1. The highest BCUT2D eigenvalue weighted by atomic mass is 16.7. The van der Waals surface area contributed by atoms with Gasteiger partial charge in [-0.1, -0.05) is 91.0 Å². The van der Waals surface area contributed by atoms with Crippen molar-refractivity contribution in [3.05, 3.63) is 108 Å². The summed E-state index contributed by atoms with van der Waals surface area (Å²) in [6.45, 7) is 1.31. The average molecular weight is 488 g/mol. The number of aliphatic carboxylic acids is 1. The Morgan fingerprint density at radius 1 is 0.917 bits per heavy atom. The normalized spacial score (nSPS) is 17.2. The van der Waals surface area contributed by atoms with Crippen LogP contribution in [0.1, 0.15) is 42.4 Å². The zero-order chi connectivity index (χ0) is 25.0. The van der Waals surface area contributed by atoms with Gasteiger partial charge in [0.05, 0.1) is 25.0 Å². The van der Waals surface area contributed by atoms with Crippen molar-refractivity contribution in [2.24, 2.45) is 4.99 Å². The fourth-order valence-corrected chi connectivity index (χ4v) is 4.21. The van der Waals surface area contributed by atoms with Gasteiger partial charge in [-0.2, -0.15) is 0 Å². The minimum Gasteiger partial charge on any atom is -0.480 e. The molecular formula is C30H33NO5. The van der Waals surface area contributed by atoms with Gasteiger partial charge < -0.3 is 19.3 Å². The molecule has 3 atom stereocenters. The third-order valence-electron chi connectivity index (χ3n) is 6.12. The lowest BCUT2D eigenvalue weighted by Gasteiger charge is -2.26. The summed E-state index contributed by atoms with van der Waals surface area (Å²) in [7, 11) is 0. The van der Waals surface area contributed by atoms with Crippen molar-refractivity contribution >= 4 is 11.7 Å². The van der Waals surface area contributed by atoms with E-state index in [1.807, 2.05) is 91.0 Å². The van der Waals surface area contributed by atoms with E-state index < -0.39 is 18.1 Å². The van der Waals surface area contributed by atoms with Gasteiger partial charge in [0.2, 0.25) is 0 Å². The molecule has 0 bridgehead atoms. The molecule has 1 heterocycles. The van der Waals surface area contributed by atoms with E-state index in [9.17, 15) is 9.90 Å². The zero-order valence-electron chi connectivity index (χ0n) is 20.4. The van der Waals surface area contributed by atoms with Gasteiger partial charge in [-0.25, -0.2) is 4.79 Å². The maximum absolute atomic E-state index is 12.6. The van der Waals surface area contributed by atoms with Gasteiger partial charge >= 0.3 is 5.97 Å². The third-order valence-corrected chi connectivity index (χ3v) is 6.12. The number of carbonyl (C=O) groups is 1. The Labute approximate surface area is 212 Å². The lowest BCUT2D eigenvalue weighted by Crippen LogP contribution is -2.37. The molecular weight excluding hydrogens is 454 g/mol. The van der Waals surface area contributed by atoms with Gasteiger partial charge in [0.15, 0.2) is 12.3 Å². The Morgan fingerprint density at radius 3 is 2.08 bits per heavy atom. The Morgan fingerprint density at radius 2 is 1.53 bits per heavy atom. The maximum atomic E-state index is 12.6. The van der Waals surface area contributed by atoms with Gasteiger partial charge in [-0.3, -0.25) is 4.99 Å². The first kappa shape index (κ1) is 25.8. The van der Waals surface area contributed by atoms with Crippen LogP contribution in [0.15, 0.2) is 96.0 Å². The fraction of sp³-hybridized carbons (Fsp3) is 0.333. The van der Waals surface area contributed by atoms with Crippen molar-refractivity contribution < 1.29 is 24.1 Å². The largest absolute Gasteiger partial charge is 0.480 e. The molecule has 3 unspecified atom stereocenters. The van der Waals surface area contributed by atoms with E-state index >= 15 is 0 Å². The van der Waals surface area contributed by atoms with Crippen molar-refractivity contribution in [3.8, 4) is 0 Å². The molecule has 1 N–H and O–H groups in total. The minimum absolute atomic E-state index is 0.246. The summed E-state index contributed by atoms with van der Waals surface area (Å²) in [5, 5.41) is 10.3. The summed E-state index contributed by atoms with van der Waals surface area (Å²) in [5.74, 6) is -1.04. The first-order valence-electron chi connectivity index (χ1n) is 12.5. The second-order valence-electron chi connectivity index (χ2n) is 8.78. The van der Waals surface area contributed by atoms with Crippen LogP contribution in [0, 0.1) is 0 Å². The van der Waals surface area contributed by atoms with Gasteiger partial charge in [0.25, 0.3) is 0 Å². The van der Waals surface area contributed by atoms with Crippen molar-refractivity contribution in [2.45, 2.75) is 50.7 Å². The molecule has 1 fully saturated rings. The molecule has 6 heteroatoms. The second-order valence-corrected chi connectivity index (χ2v) is 8.78. The first-order chi connectivity index (χ1) is 17.7. The molecule has 0 amide bonds. The highest BCUT2D eigenvalue weighted by Gasteiger charge is 2.30. The van der Waals surface area contributed by atoms with E-state index in [1.54, 1.807) is 0 Å². The van der Waals surface area contributed by atoms with Gasteiger partial charge in [0.1, 0.15) is 0 Å². The summed E-state index contributed by atoms with van der Waals surface area (Å²) in [6.07, 6.45) is 2.41. The van der Waals surface area contributed by atoms with Crippen LogP contribution < -0.4 is 0 Å². The molecule has 0 aromatic heterocycles. The van der Waals surface area contributed by atoms with Crippen molar-refractivity contribution in [1.29, 1.82) is 0 Å². The number of hydrogen-bond donors (Lipinski definition) is 1. The Kier molecular flexibility index (Phi) is 9.79. The number of nitrogens with zero attached hydrogens (tertiary/aromatic N) is 1. The van der Waals surface area contributed by atoms with Crippen LogP contribution in [0.5, 0.6) is 0 Å². The molecule has 3 aromatic carbocycles. The predicted octanol–water partition coefficient (Wildman–Crippen LogP) is 5.50. The second kappa shape index (κ2) is 13.7. The molecule has 0 aliphatic carbocycles. The summed E-state index contributed by atoms with van der Waals surface area (Å²) in [6, 6.07) is 27.9. The maximum Gasteiger partial charge on any atom is 0.331 e. The summed E-state index contributed by atoms with van der Waals surface area (Å²) >= 11 is 0. The van der Waals surface area contributed by atoms with Crippen LogP contribution in [-0.4, -0.2) is 48.4 Å². The van der Waals surface area contributed by atoms with Crippen LogP contribution in [0.4, 0.5) is 0 Å². The van der Waals surface area contributed by atoms with E-state index in [2.05, 4.69) is 0 Å². The summed E-state index contributed by atoms with van der Waals surface area (Å²) in [5.41, 5.74) is 3.29. The van der Waals surface area contributed by atoms with Crippen molar-refractivity contribution in [1.82, 2.24) is 0 Å². The number of carboxylic acids is 1. The van der Waals surface area contributed by atoms with Crippen LogP contribution >= 0.6 is 0 Å².